The van der Waals surface area contributed by atoms with Gasteiger partial charge in [-0.05, 0) is 178 Å². The van der Waals surface area contributed by atoms with E-state index in [9.17, 15) is 9.59 Å². The van der Waals surface area contributed by atoms with Crippen LogP contribution in [0, 0.1) is 13.8 Å². The number of hydrogen-bond acceptors (Lipinski definition) is 9. The molecule has 0 fully saturated rings. The van der Waals surface area contributed by atoms with Crippen molar-refractivity contribution in [1.82, 2.24) is 0 Å². The Morgan fingerprint density at radius 1 is 0.479 bits per heavy atom. The molecule has 14 heteroatoms. The number of rotatable bonds is 16. The predicted octanol–water partition coefficient (Wildman–Crippen LogP) is 15.6. The van der Waals surface area contributed by atoms with Gasteiger partial charge in [-0.1, -0.05) is 131 Å². The Morgan fingerprint density at radius 3 is 0.945 bits per heavy atom. The number of aliphatic carboxylic acids is 2. The van der Waals surface area contributed by atoms with E-state index in [2.05, 4.69) is 204 Å². The summed E-state index contributed by atoms with van der Waals surface area (Å²) in [5, 5.41) is 17.7. The maximum Gasteiger partial charge on any atom is 0.303 e. The molecule has 0 aliphatic heterocycles. The molecule has 0 bridgehead atoms. The number of nitrogens with zero attached hydrogens (tertiary/aromatic N) is 1. The van der Waals surface area contributed by atoms with Crippen LogP contribution in [0.2, 0.25) is 0 Å². The SMILES string of the molecule is CN=P.CS(=O)(=O)[O-].Cc1ccc(Sc2ccc(-c3ccc(Sc4ccc(CCC(=O)O)cc4)cc3)cc2)cc1.Cc1ccc(Sc2ccc(-c3ccc([S+](C)c4ccc(CCC(=O)O)cc4)cc3)cc2)cc1. The Bertz CT molecular complexity index is 3080. The van der Waals surface area contributed by atoms with Crippen molar-refractivity contribution in [2.45, 2.75) is 78.7 Å². The zero-order valence-corrected chi connectivity index (χ0v) is 46.3. The van der Waals surface area contributed by atoms with Crippen LogP contribution in [-0.4, -0.2) is 54.7 Å². The summed E-state index contributed by atoms with van der Waals surface area (Å²) in [5.74, 6) is -1.52. The van der Waals surface area contributed by atoms with E-state index < -0.39 is 22.1 Å². The Hall–Kier alpha value is -5.89. The number of carboxylic acid groups (broad SMARTS) is 2. The summed E-state index contributed by atoms with van der Waals surface area (Å²) in [7, 11) is 0.525. The fourth-order valence-corrected chi connectivity index (χ4v) is 10.7. The van der Waals surface area contributed by atoms with Crippen molar-refractivity contribution in [2.75, 3.05) is 19.6 Å². The molecule has 0 spiro atoms. The third kappa shape index (κ3) is 21.6. The summed E-state index contributed by atoms with van der Waals surface area (Å²) in [6.07, 6.45) is 4.32. The van der Waals surface area contributed by atoms with E-state index in [0.29, 0.717) is 19.1 Å². The maximum atomic E-state index is 10.8. The molecular formula is C59H58NO7PS5. The largest absolute Gasteiger partial charge is 0.748 e. The van der Waals surface area contributed by atoms with Gasteiger partial charge in [0.05, 0.1) is 21.0 Å². The number of carboxylic acids is 2. The minimum Gasteiger partial charge on any atom is -0.748 e. The van der Waals surface area contributed by atoms with Gasteiger partial charge in [-0.2, -0.15) is 0 Å². The van der Waals surface area contributed by atoms with Crippen molar-refractivity contribution >= 4 is 77.3 Å². The zero-order chi connectivity index (χ0) is 52.8. The molecule has 1 atom stereocenters. The fraction of sp³-hybridized carbons (Fsp3) is 0.153. The van der Waals surface area contributed by atoms with E-state index in [-0.39, 0.29) is 23.7 Å². The molecule has 0 heterocycles. The van der Waals surface area contributed by atoms with Crippen molar-refractivity contribution in [3.05, 3.63) is 216 Å². The smallest absolute Gasteiger partial charge is 0.303 e. The highest BCUT2D eigenvalue weighted by atomic mass is 32.2. The zero-order valence-electron chi connectivity index (χ0n) is 41.2. The monoisotopic (exact) mass is 1080 g/mol. The number of hydrogen-bond donors (Lipinski definition) is 2. The molecule has 8 rings (SSSR count). The Morgan fingerprint density at radius 2 is 0.685 bits per heavy atom. The Balaban J connectivity index is 0.000000236. The van der Waals surface area contributed by atoms with Crippen LogP contribution in [0.5, 0.6) is 0 Å². The highest BCUT2D eigenvalue weighted by Crippen LogP contribution is 2.34. The lowest BCUT2D eigenvalue weighted by Crippen LogP contribution is -2.01. The van der Waals surface area contributed by atoms with Crippen LogP contribution in [-0.2, 0) is 43.4 Å². The molecule has 2 N–H and O–H groups in total. The first-order chi connectivity index (χ1) is 34.9. The van der Waals surface area contributed by atoms with E-state index in [1.807, 2.05) is 24.3 Å². The summed E-state index contributed by atoms with van der Waals surface area (Å²) in [6, 6.07) is 68.6. The average Bonchev–Trinajstić information content (AvgIpc) is 3.37. The van der Waals surface area contributed by atoms with E-state index in [4.69, 9.17) is 23.2 Å². The molecule has 1 unspecified atom stereocenters. The molecule has 8 aromatic rings. The van der Waals surface area contributed by atoms with Crippen LogP contribution in [0.4, 0.5) is 0 Å². The standard InChI is InChI=1S/C29H26O2S2.C28H24O2S2.CH4NP.CH4O3S/c1-21-3-12-25(13-4-21)32-26-14-8-23(9-15-26)24-10-18-28(19-11-24)33(2)27-16-5-22(6-17-27)7-20-29(30)31;1-20-2-11-24(12-3-20)31-26-15-7-22(8-16-26)23-9-17-27(18-10-23)32-25-13-4-21(5-14-25)6-19-28(29)30;1-2-3;1-5(2,3)4/h3-6,8-19H,7,20H2,1-2H3;2-5,7-18H,6,19H2,1H3,(H,29,30);3H,1H3;1H3,(H,2,3,4). The predicted molar refractivity (Wildman–Crippen MR) is 305 cm³/mol. The van der Waals surface area contributed by atoms with Gasteiger partial charge in [-0.25, -0.2) is 8.42 Å². The number of carbonyl (C=O) groups is 2. The van der Waals surface area contributed by atoms with Crippen LogP contribution in [0.1, 0.15) is 35.1 Å². The fourth-order valence-electron chi connectivity index (χ4n) is 6.84. The van der Waals surface area contributed by atoms with Crippen LogP contribution in [0.25, 0.3) is 22.3 Å². The van der Waals surface area contributed by atoms with Crippen molar-refractivity contribution < 1.29 is 32.8 Å². The second-order valence-corrected chi connectivity index (χ2v) is 23.8. The molecule has 0 amide bonds. The molecule has 0 aromatic heterocycles. The summed E-state index contributed by atoms with van der Waals surface area (Å²) in [6.45, 7) is 4.21. The molecule has 73 heavy (non-hydrogen) atoms. The van der Waals surface area contributed by atoms with Crippen LogP contribution < -0.4 is 0 Å². The summed E-state index contributed by atoms with van der Waals surface area (Å²) >= 11 is 5.27. The van der Waals surface area contributed by atoms with Gasteiger partial charge in [0, 0.05) is 55.5 Å². The lowest BCUT2D eigenvalue weighted by molar-refractivity contribution is -0.138. The molecule has 0 aliphatic rings. The van der Waals surface area contributed by atoms with Crippen molar-refractivity contribution in [3.63, 3.8) is 0 Å². The second kappa shape index (κ2) is 29.7. The van der Waals surface area contributed by atoms with Gasteiger partial charge in [0.1, 0.15) is 6.26 Å². The van der Waals surface area contributed by atoms with Gasteiger partial charge in [0.2, 0.25) is 0 Å². The van der Waals surface area contributed by atoms with Crippen LogP contribution in [0.15, 0.2) is 238 Å². The van der Waals surface area contributed by atoms with Gasteiger partial charge in [0.15, 0.2) is 9.79 Å². The van der Waals surface area contributed by atoms with Crippen LogP contribution >= 0.6 is 44.3 Å². The molecular weight excluding hydrogens is 1030 g/mol. The van der Waals surface area contributed by atoms with Crippen molar-refractivity contribution in [1.29, 1.82) is 0 Å². The van der Waals surface area contributed by atoms with E-state index in [1.165, 1.54) is 67.6 Å². The van der Waals surface area contributed by atoms with E-state index >= 15 is 0 Å². The third-order valence-corrected chi connectivity index (χ3v) is 15.6. The van der Waals surface area contributed by atoms with Gasteiger partial charge in [-0.3, -0.25) is 14.3 Å². The molecule has 0 aliphatic carbocycles. The minimum atomic E-state index is -3.92. The summed E-state index contributed by atoms with van der Waals surface area (Å²) in [5.41, 5.74) is 9.51. The highest BCUT2D eigenvalue weighted by Gasteiger charge is 2.19. The lowest BCUT2D eigenvalue weighted by atomic mass is 10.1. The quantitative estimate of drug-likeness (QED) is 0.0545. The third-order valence-electron chi connectivity index (χ3n) is 10.6. The van der Waals surface area contributed by atoms with Crippen molar-refractivity contribution in [2.24, 2.45) is 4.74 Å². The molecule has 8 aromatic carbocycles. The van der Waals surface area contributed by atoms with Gasteiger partial charge in [0.25, 0.3) is 0 Å². The van der Waals surface area contributed by atoms with E-state index in [0.717, 1.165) is 16.0 Å². The Labute approximate surface area is 448 Å². The minimum absolute atomic E-state index is 0.0302. The van der Waals surface area contributed by atoms with Crippen molar-refractivity contribution in [3.8, 4) is 22.3 Å². The first-order valence-corrected chi connectivity index (χ1v) is 29.3. The number of aryl methyl sites for hydroxylation is 4. The normalized spacial score (nSPS) is 11.0. The first-order valence-electron chi connectivity index (χ1n) is 23.0. The average molecular weight is 1080 g/mol. The maximum absolute atomic E-state index is 10.8. The molecule has 0 saturated heterocycles. The molecule has 0 radical (unpaired) electrons. The number of benzene rings is 8. The molecule has 376 valence electrons. The summed E-state index contributed by atoms with van der Waals surface area (Å²) in [4.78, 5) is 31.3. The summed E-state index contributed by atoms with van der Waals surface area (Å²) < 4.78 is 30.5. The van der Waals surface area contributed by atoms with Crippen LogP contribution in [0.3, 0.4) is 0 Å². The van der Waals surface area contributed by atoms with Gasteiger partial charge < -0.3 is 14.8 Å². The highest BCUT2D eigenvalue weighted by molar-refractivity contribution is 8.00. The Kier molecular flexibility index (Phi) is 23.6. The second-order valence-electron chi connectivity index (χ2n) is 16.5. The van der Waals surface area contributed by atoms with E-state index in [1.54, 1.807) is 42.3 Å². The van der Waals surface area contributed by atoms with Gasteiger partial charge in [-0.15, -0.1) is 0 Å². The molecule has 0 saturated carbocycles. The topological polar surface area (TPSA) is 144 Å². The molecule has 8 nitrogen and oxygen atoms in total. The first kappa shape index (κ1) is 58.0. The van der Waals surface area contributed by atoms with Gasteiger partial charge >= 0.3 is 11.9 Å². The lowest BCUT2D eigenvalue weighted by Gasteiger charge is -2.07.